The van der Waals surface area contributed by atoms with Crippen LogP contribution in [0.15, 0.2) is 43.0 Å². The second kappa shape index (κ2) is 8.30. The molecule has 3 aromatic heterocycles. The fourth-order valence-corrected chi connectivity index (χ4v) is 4.60. The van der Waals surface area contributed by atoms with Crippen molar-refractivity contribution in [1.29, 1.82) is 0 Å². The van der Waals surface area contributed by atoms with E-state index in [4.69, 9.17) is 4.74 Å². The maximum Gasteiger partial charge on any atom is 0.417 e. The minimum absolute atomic E-state index is 0.0758. The van der Waals surface area contributed by atoms with Crippen molar-refractivity contribution in [3.63, 3.8) is 0 Å². The predicted molar refractivity (Wildman–Crippen MR) is 111 cm³/mol. The van der Waals surface area contributed by atoms with E-state index >= 15 is 0 Å². The molecule has 7 nitrogen and oxygen atoms in total. The fourth-order valence-electron chi connectivity index (χ4n) is 4.60. The van der Waals surface area contributed by atoms with Crippen LogP contribution >= 0.6 is 0 Å². The molecule has 1 saturated carbocycles. The largest absolute Gasteiger partial charge is 0.472 e. The van der Waals surface area contributed by atoms with Crippen molar-refractivity contribution in [2.24, 2.45) is 5.92 Å². The number of piperidine rings is 1. The molecule has 1 aliphatic carbocycles. The summed E-state index contributed by atoms with van der Waals surface area (Å²) >= 11 is 0. The number of pyridine rings is 2. The second-order valence-electron chi connectivity index (χ2n) is 8.54. The van der Waals surface area contributed by atoms with Crippen molar-refractivity contribution in [2.45, 2.75) is 38.1 Å². The SMILES string of the molecule is Cc1cnc(C(=O)N2CC3CC(Oc4ccc(C(F)(F)F)cn4)C2C3)c(-c2ncc(F)cn2)c1. The van der Waals surface area contributed by atoms with E-state index in [1.807, 2.05) is 6.92 Å². The van der Waals surface area contributed by atoms with Gasteiger partial charge in [0.1, 0.15) is 11.8 Å². The number of nitrogens with zero attached hydrogens (tertiary/aromatic N) is 5. The molecule has 3 aromatic rings. The van der Waals surface area contributed by atoms with E-state index in [0.717, 1.165) is 30.2 Å². The Morgan fingerprint density at radius 3 is 2.47 bits per heavy atom. The molecular weight excluding hydrogens is 454 g/mol. The number of aromatic nitrogens is 4. The zero-order chi connectivity index (χ0) is 24.0. The maximum absolute atomic E-state index is 13.5. The Hall–Kier alpha value is -3.63. The first-order valence-electron chi connectivity index (χ1n) is 10.6. The first kappa shape index (κ1) is 22.2. The number of hydrogen-bond acceptors (Lipinski definition) is 6. The van der Waals surface area contributed by atoms with Gasteiger partial charge >= 0.3 is 6.18 Å². The molecule has 2 fully saturated rings. The number of likely N-dealkylation sites (tertiary alicyclic amines) is 1. The molecule has 0 aromatic carbocycles. The number of halogens is 4. The Morgan fingerprint density at radius 1 is 1.06 bits per heavy atom. The summed E-state index contributed by atoms with van der Waals surface area (Å²) in [6.45, 7) is 2.33. The number of fused-ring (bicyclic) bond motifs is 2. The van der Waals surface area contributed by atoms with Crippen molar-refractivity contribution in [3.8, 4) is 17.3 Å². The van der Waals surface area contributed by atoms with Crippen molar-refractivity contribution in [1.82, 2.24) is 24.8 Å². The summed E-state index contributed by atoms with van der Waals surface area (Å²) in [5.74, 6) is -0.460. The molecule has 34 heavy (non-hydrogen) atoms. The lowest BCUT2D eigenvalue weighted by atomic mass is 10.1. The molecule has 11 heteroatoms. The molecule has 5 rings (SSSR count). The van der Waals surface area contributed by atoms with Crippen molar-refractivity contribution in [2.75, 3.05) is 6.54 Å². The summed E-state index contributed by atoms with van der Waals surface area (Å²) in [5.41, 5.74) is 0.480. The van der Waals surface area contributed by atoms with Gasteiger partial charge in [0.25, 0.3) is 5.91 Å². The van der Waals surface area contributed by atoms with Gasteiger partial charge in [0.05, 0.1) is 29.6 Å². The Morgan fingerprint density at radius 2 is 1.82 bits per heavy atom. The van der Waals surface area contributed by atoms with Gasteiger partial charge in [-0.05, 0) is 43.4 Å². The van der Waals surface area contributed by atoms with Crippen LogP contribution in [0, 0.1) is 18.7 Å². The monoisotopic (exact) mass is 473 g/mol. The highest BCUT2D eigenvalue weighted by Gasteiger charge is 2.49. The van der Waals surface area contributed by atoms with E-state index in [0.29, 0.717) is 24.9 Å². The van der Waals surface area contributed by atoms with Crippen LogP contribution in [-0.4, -0.2) is 49.4 Å². The van der Waals surface area contributed by atoms with Gasteiger partial charge in [-0.3, -0.25) is 9.78 Å². The first-order valence-corrected chi connectivity index (χ1v) is 10.6. The number of hydrogen-bond donors (Lipinski definition) is 0. The lowest BCUT2D eigenvalue weighted by molar-refractivity contribution is -0.137. The number of alkyl halides is 3. The molecule has 3 atom stereocenters. The van der Waals surface area contributed by atoms with Crippen LogP contribution in [-0.2, 0) is 6.18 Å². The number of carbonyl (C=O) groups is 1. The topological polar surface area (TPSA) is 81.1 Å². The molecule has 0 radical (unpaired) electrons. The highest BCUT2D eigenvalue weighted by molar-refractivity contribution is 5.98. The Balaban J connectivity index is 1.37. The molecule has 2 bridgehead atoms. The van der Waals surface area contributed by atoms with Crippen LogP contribution in [0.3, 0.4) is 0 Å². The van der Waals surface area contributed by atoms with E-state index in [2.05, 4.69) is 19.9 Å². The average molecular weight is 473 g/mol. The van der Waals surface area contributed by atoms with Crippen LogP contribution < -0.4 is 4.74 Å². The Kier molecular flexibility index (Phi) is 5.41. The van der Waals surface area contributed by atoms with Crippen molar-refractivity contribution in [3.05, 3.63) is 65.6 Å². The fraction of sp³-hybridized carbons (Fsp3) is 0.348. The number of rotatable bonds is 4. The normalized spacial score (nSPS) is 21.7. The summed E-state index contributed by atoms with van der Waals surface area (Å²) in [7, 11) is 0. The Bertz CT molecular complexity index is 1220. The summed E-state index contributed by atoms with van der Waals surface area (Å²) in [6.07, 6.45) is 0.856. The van der Waals surface area contributed by atoms with E-state index in [9.17, 15) is 22.4 Å². The molecule has 1 amide bonds. The summed E-state index contributed by atoms with van der Waals surface area (Å²) in [5, 5.41) is 0. The lowest BCUT2D eigenvalue weighted by Crippen LogP contribution is -2.47. The Labute approximate surface area is 191 Å². The van der Waals surface area contributed by atoms with Gasteiger partial charge in [-0.2, -0.15) is 13.2 Å². The zero-order valence-corrected chi connectivity index (χ0v) is 18.0. The molecule has 176 valence electrons. The lowest BCUT2D eigenvalue weighted by Gasteiger charge is -2.33. The van der Waals surface area contributed by atoms with E-state index in [1.54, 1.807) is 17.2 Å². The van der Waals surface area contributed by atoms with Gasteiger partial charge in [-0.25, -0.2) is 19.3 Å². The van der Waals surface area contributed by atoms with Gasteiger partial charge in [0, 0.05) is 25.0 Å². The number of carbonyl (C=O) groups excluding carboxylic acids is 1. The second-order valence-corrected chi connectivity index (χ2v) is 8.54. The van der Waals surface area contributed by atoms with E-state index in [-0.39, 0.29) is 35.3 Å². The highest BCUT2D eigenvalue weighted by Crippen LogP contribution is 2.41. The molecular formula is C23H19F4N5O2. The zero-order valence-electron chi connectivity index (χ0n) is 18.0. The molecule has 1 saturated heterocycles. The molecule has 0 spiro atoms. The highest BCUT2D eigenvalue weighted by atomic mass is 19.4. The predicted octanol–water partition coefficient (Wildman–Crippen LogP) is 4.08. The minimum atomic E-state index is -4.48. The van der Waals surface area contributed by atoms with Gasteiger partial charge in [0.15, 0.2) is 11.6 Å². The summed E-state index contributed by atoms with van der Waals surface area (Å²) in [4.78, 5) is 31.3. The third-order valence-corrected chi connectivity index (χ3v) is 6.11. The van der Waals surface area contributed by atoms with E-state index in [1.165, 1.54) is 6.07 Å². The van der Waals surface area contributed by atoms with Crippen LogP contribution in [0.1, 0.15) is 34.5 Å². The number of ether oxygens (including phenoxy) is 1. The van der Waals surface area contributed by atoms with Crippen molar-refractivity contribution >= 4 is 5.91 Å². The van der Waals surface area contributed by atoms with Crippen LogP contribution in [0.5, 0.6) is 5.88 Å². The summed E-state index contributed by atoms with van der Waals surface area (Å²) in [6, 6.07) is 3.56. The molecule has 2 aliphatic rings. The third-order valence-electron chi connectivity index (χ3n) is 6.11. The average Bonchev–Trinajstić information content (AvgIpc) is 3.39. The van der Waals surface area contributed by atoms with E-state index < -0.39 is 23.7 Å². The quantitative estimate of drug-likeness (QED) is 0.532. The van der Waals surface area contributed by atoms with Gasteiger partial charge < -0.3 is 9.64 Å². The first-order chi connectivity index (χ1) is 16.2. The van der Waals surface area contributed by atoms with Gasteiger partial charge in [-0.15, -0.1) is 0 Å². The smallest absolute Gasteiger partial charge is 0.417 e. The van der Waals surface area contributed by atoms with Crippen LogP contribution in [0.2, 0.25) is 0 Å². The standard InChI is InChI=1S/C23H19F4N5O2/c1-12-4-16(21-30-9-15(24)10-31-21)20(29-7-12)22(33)32-11-13-5-17(32)18(6-13)34-19-3-2-14(8-28-19)23(25,26)27/h2-4,7-10,13,17-18H,5-6,11H2,1H3. The number of aryl methyl sites for hydroxylation is 1. The van der Waals surface area contributed by atoms with Gasteiger partial charge in [0.2, 0.25) is 5.88 Å². The summed E-state index contributed by atoms with van der Waals surface area (Å²) < 4.78 is 57.6. The molecule has 4 heterocycles. The minimum Gasteiger partial charge on any atom is -0.472 e. The maximum atomic E-state index is 13.5. The van der Waals surface area contributed by atoms with Crippen LogP contribution in [0.25, 0.3) is 11.4 Å². The number of amides is 1. The molecule has 1 aliphatic heterocycles. The molecule has 0 N–H and O–H groups in total. The van der Waals surface area contributed by atoms with Crippen molar-refractivity contribution < 1.29 is 27.1 Å². The van der Waals surface area contributed by atoms with Gasteiger partial charge in [-0.1, -0.05) is 0 Å². The van der Waals surface area contributed by atoms with Crippen LogP contribution in [0.4, 0.5) is 17.6 Å². The molecule has 3 unspecified atom stereocenters. The third kappa shape index (κ3) is 4.17.